The molecule has 0 saturated carbocycles. The summed E-state index contributed by atoms with van der Waals surface area (Å²) in [5, 5.41) is 19.8. The van der Waals surface area contributed by atoms with Crippen LogP contribution in [-0.4, -0.2) is 29.4 Å². The summed E-state index contributed by atoms with van der Waals surface area (Å²) in [4.78, 5) is 11.6. The van der Waals surface area contributed by atoms with E-state index in [1.807, 2.05) is 0 Å². The summed E-state index contributed by atoms with van der Waals surface area (Å²) in [5.41, 5.74) is 0.783. The molecule has 118 valence electrons. The smallest absolute Gasteiger partial charge is 0.336 e. The van der Waals surface area contributed by atoms with Crippen LogP contribution in [0.25, 0.3) is 11.6 Å². The van der Waals surface area contributed by atoms with Gasteiger partial charge in [0.1, 0.15) is 19.0 Å². The van der Waals surface area contributed by atoms with Crippen LogP contribution in [0, 0.1) is 0 Å². The Morgan fingerprint density at radius 3 is 2.57 bits per heavy atom. The third-order valence-corrected chi connectivity index (χ3v) is 3.61. The van der Waals surface area contributed by atoms with Crippen molar-refractivity contribution in [2.45, 2.75) is 0 Å². The Morgan fingerprint density at radius 1 is 1.09 bits per heavy atom. The number of carboxylic acid groups (broad SMARTS) is 1. The number of benzene rings is 2. The van der Waals surface area contributed by atoms with Crippen molar-refractivity contribution < 1.29 is 24.5 Å². The van der Waals surface area contributed by atoms with Crippen molar-refractivity contribution in [2.75, 3.05) is 13.2 Å². The summed E-state index contributed by atoms with van der Waals surface area (Å²) in [6, 6.07) is 9.34. The quantitative estimate of drug-likeness (QED) is 0.665. The van der Waals surface area contributed by atoms with Crippen molar-refractivity contribution in [2.24, 2.45) is 0 Å². The van der Waals surface area contributed by atoms with Gasteiger partial charge in [0.2, 0.25) is 0 Å². The number of halogens is 1. The molecule has 0 unspecified atom stereocenters. The fraction of sp³-hybridized carbons (Fsp3) is 0.118. The zero-order valence-corrected chi connectivity index (χ0v) is 12.7. The highest BCUT2D eigenvalue weighted by molar-refractivity contribution is 6.31. The van der Waals surface area contributed by atoms with Gasteiger partial charge >= 0.3 is 5.97 Å². The molecule has 2 N–H and O–H groups in total. The van der Waals surface area contributed by atoms with Gasteiger partial charge in [-0.05, 0) is 42.0 Å². The minimum Gasteiger partial charge on any atom is -0.507 e. The predicted octanol–water partition coefficient (Wildman–Crippen LogP) is 3.44. The van der Waals surface area contributed by atoms with Crippen LogP contribution < -0.4 is 9.47 Å². The zero-order valence-electron chi connectivity index (χ0n) is 12.0. The molecule has 0 aromatic heterocycles. The van der Waals surface area contributed by atoms with Crippen molar-refractivity contribution >= 4 is 29.2 Å². The number of ether oxygens (including phenoxy) is 2. The van der Waals surface area contributed by atoms with Gasteiger partial charge in [0.25, 0.3) is 0 Å². The Kier molecular flexibility index (Phi) is 4.12. The number of aliphatic carboxylic acids is 1. The molecule has 0 radical (unpaired) electrons. The number of phenols is 1. The van der Waals surface area contributed by atoms with E-state index in [0.717, 1.165) is 0 Å². The van der Waals surface area contributed by atoms with Gasteiger partial charge in [0.15, 0.2) is 11.5 Å². The van der Waals surface area contributed by atoms with Gasteiger partial charge < -0.3 is 19.7 Å². The molecular formula is C17H13ClO5. The van der Waals surface area contributed by atoms with Crippen LogP contribution in [0.2, 0.25) is 5.02 Å². The molecular weight excluding hydrogens is 320 g/mol. The second-order valence-electron chi connectivity index (χ2n) is 4.92. The fourth-order valence-corrected chi connectivity index (χ4v) is 2.46. The first-order valence-corrected chi connectivity index (χ1v) is 7.26. The van der Waals surface area contributed by atoms with Gasteiger partial charge in [-0.25, -0.2) is 4.79 Å². The number of aromatic hydroxyl groups is 1. The van der Waals surface area contributed by atoms with Gasteiger partial charge in [0.05, 0.1) is 5.57 Å². The molecule has 2 aromatic carbocycles. The van der Waals surface area contributed by atoms with E-state index in [1.165, 1.54) is 24.3 Å². The molecule has 1 heterocycles. The molecule has 1 aliphatic heterocycles. The maximum absolute atomic E-state index is 11.6. The highest BCUT2D eigenvalue weighted by Crippen LogP contribution is 2.34. The SMILES string of the molecule is O=C(O)/C(=C\c1cc(Cl)ccc1O)c1ccc2c(c1)OCCO2. The van der Waals surface area contributed by atoms with Crippen LogP contribution >= 0.6 is 11.6 Å². The molecule has 0 aliphatic carbocycles. The van der Waals surface area contributed by atoms with Crippen LogP contribution in [0.4, 0.5) is 0 Å². The second-order valence-corrected chi connectivity index (χ2v) is 5.36. The standard InChI is InChI=1S/C17H13ClO5/c18-12-2-3-14(19)11(7-12)8-13(17(20)21)10-1-4-15-16(9-10)23-6-5-22-15/h1-4,7-9,19H,5-6H2,(H,20,21)/b13-8-. The number of carboxylic acids is 1. The van der Waals surface area contributed by atoms with Crippen molar-refractivity contribution in [3.63, 3.8) is 0 Å². The molecule has 6 heteroatoms. The van der Waals surface area contributed by atoms with E-state index in [9.17, 15) is 15.0 Å². The third kappa shape index (κ3) is 3.24. The first kappa shape index (κ1) is 15.2. The largest absolute Gasteiger partial charge is 0.507 e. The first-order chi connectivity index (χ1) is 11.0. The minimum atomic E-state index is -1.12. The van der Waals surface area contributed by atoms with Crippen LogP contribution in [-0.2, 0) is 4.79 Å². The summed E-state index contributed by atoms with van der Waals surface area (Å²) >= 11 is 5.90. The molecule has 1 aliphatic rings. The summed E-state index contributed by atoms with van der Waals surface area (Å²) in [5.74, 6) is -0.0988. The molecule has 3 rings (SSSR count). The molecule has 0 spiro atoms. The van der Waals surface area contributed by atoms with Crippen LogP contribution in [0.15, 0.2) is 36.4 Å². The number of carbonyl (C=O) groups is 1. The summed E-state index contributed by atoms with van der Waals surface area (Å²) in [6.45, 7) is 0.877. The highest BCUT2D eigenvalue weighted by Gasteiger charge is 2.17. The Balaban J connectivity index is 2.07. The van der Waals surface area contributed by atoms with Crippen molar-refractivity contribution in [3.05, 3.63) is 52.5 Å². The van der Waals surface area contributed by atoms with Crippen LogP contribution in [0.5, 0.6) is 17.2 Å². The normalized spacial score (nSPS) is 13.7. The molecule has 0 bridgehead atoms. The van der Waals surface area contributed by atoms with E-state index < -0.39 is 5.97 Å². The summed E-state index contributed by atoms with van der Waals surface area (Å²) in [7, 11) is 0. The number of hydrogen-bond donors (Lipinski definition) is 2. The van der Waals surface area contributed by atoms with E-state index in [1.54, 1.807) is 18.2 Å². The third-order valence-electron chi connectivity index (χ3n) is 3.37. The van der Waals surface area contributed by atoms with E-state index in [4.69, 9.17) is 21.1 Å². The molecule has 23 heavy (non-hydrogen) atoms. The topological polar surface area (TPSA) is 76.0 Å². The monoisotopic (exact) mass is 332 g/mol. The Labute approximate surface area is 137 Å². The molecule has 0 fully saturated rings. The highest BCUT2D eigenvalue weighted by atomic mass is 35.5. The number of hydrogen-bond acceptors (Lipinski definition) is 4. The number of rotatable bonds is 3. The first-order valence-electron chi connectivity index (χ1n) is 6.88. The lowest BCUT2D eigenvalue weighted by molar-refractivity contribution is -0.130. The molecule has 0 atom stereocenters. The van der Waals surface area contributed by atoms with Gasteiger partial charge in [0, 0.05) is 10.6 Å². The summed E-state index contributed by atoms with van der Waals surface area (Å²) in [6.07, 6.45) is 1.37. The van der Waals surface area contributed by atoms with Gasteiger partial charge in [-0.15, -0.1) is 0 Å². The van der Waals surface area contributed by atoms with Crippen molar-refractivity contribution in [1.29, 1.82) is 0 Å². The van der Waals surface area contributed by atoms with Gasteiger partial charge in [-0.2, -0.15) is 0 Å². The molecule has 2 aromatic rings. The van der Waals surface area contributed by atoms with Crippen molar-refractivity contribution in [3.8, 4) is 17.2 Å². The lowest BCUT2D eigenvalue weighted by Crippen LogP contribution is -2.15. The fourth-order valence-electron chi connectivity index (χ4n) is 2.28. The van der Waals surface area contributed by atoms with E-state index in [0.29, 0.717) is 40.9 Å². The predicted molar refractivity (Wildman–Crippen MR) is 86.1 cm³/mol. The lowest BCUT2D eigenvalue weighted by Gasteiger charge is -2.19. The Hall–Kier alpha value is -2.66. The number of fused-ring (bicyclic) bond motifs is 1. The van der Waals surface area contributed by atoms with Crippen molar-refractivity contribution in [1.82, 2.24) is 0 Å². The minimum absolute atomic E-state index is 0.0135. The van der Waals surface area contributed by atoms with E-state index in [2.05, 4.69) is 0 Å². The maximum atomic E-state index is 11.6. The van der Waals surface area contributed by atoms with Crippen LogP contribution in [0.1, 0.15) is 11.1 Å². The Morgan fingerprint density at radius 2 is 1.83 bits per heavy atom. The summed E-state index contributed by atoms with van der Waals surface area (Å²) < 4.78 is 10.9. The van der Waals surface area contributed by atoms with E-state index in [-0.39, 0.29) is 11.3 Å². The lowest BCUT2D eigenvalue weighted by atomic mass is 10.0. The van der Waals surface area contributed by atoms with Crippen LogP contribution in [0.3, 0.4) is 0 Å². The Bertz CT molecular complexity index is 798. The number of phenolic OH excluding ortho intramolecular Hbond substituents is 1. The average molecular weight is 333 g/mol. The van der Waals surface area contributed by atoms with E-state index >= 15 is 0 Å². The molecule has 0 saturated heterocycles. The molecule has 0 amide bonds. The van der Waals surface area contributed by atoms with Gasteiger partial charge in [-0.1, -0.05) is 17.7 Å². The maximum Gasteiger partial charge on any atom is 0.336 e. The van der Waals surface area contributed by atoms with Gasteiger partial charge in [-0.3, -0.25) is 0 Å². The zero-order chi connectivity index (χ0) is 16.4. The molecule has 5 nitrogen and oxygen atoms in total. The average Bonchev–Trinajstić information content (AvgIpc) is 2.55. The second kappa shape index (κ2) is 6.22.